The van der Waals surface area contributed by atoms with E-state index in [0.29, 0.717) is 5.69 Å². The largest absolute Gasteiger partial charge is 0.345 e. The molecule has 1 N–H and O–H groups in total. The van der Waals surface area contributed by atoms with Gasteiger partial charge in [-0.05, 0) is 62.9 Å². The van der Waals surface area contributed by atoms with Crippen LogP contribution in [0.5, 0.6) is 0 Å². The number of allylic oxidation sites excluding steroid dienone is 1. The van der Waals surface area contributed by atoms with Crippen molar-refractivity contribution >= 4 is 11.6 Å². The van der Waals surface area contributed by atoms with Gasteiger partial charge in [-0.1, -0.05) is 6.08 Å². The van der Waals surface area contributed by atoms with Gasteiger partial charge in [-0.3, -0.25) is 4.79 Å². The van der Waals surface area contributed by atoms with E-state index < -0.39 is 5.79 Å². The summed E-state index contributed by atoms with van der Waals surface area (Å²) >= 11 is 0. The van der Waals surface area contributed by atoms with Gasteiger partial charge in [0, 0.05) is 5.69 Å². The monoisotopic (exact) mass is 305 g/mol. The molecule has 1 aromatic carbocycles. The van der Waals surface area contributed by atoms with E-state index in [-0.39, 0.29) is 29.9 Å². The molecular weight excluding hydrogens is 285 g/mol. The molecule has 0 spiro atoms. The van der Waals surface area contributed by atoms with Crippen molar-refractivity contribution in [2.24, 2.45) is 5.92 Å². The molecule has 1 saturated carbocycles. The number of nitrogens with one attached hydrogen (secondary N) is 1. The summed E-state index contributed by atoms with van der Waals surface area (Å²) in [6, 6.07) is 5.69. The Hall–Kier alpha value is -1.72. The summed E-state index contributed by atoms with van der Waals surface area (Å²) in [5, 5.41) is 2.70. The second kappa shape index (κ2) is 5.82. The van der Waals surface area contributed by atoms with Crippen LogP contribution in [0.4, 0.5) is 10.1 Å². The van der Waals surface area contributed by atoms with Crippen LogP contribution < -0.4 is 5.32 Å². The number of ether oxygens (including phenoxy) is 2. The van der Waals surface area contributed by atoms with Gasteiger partial charge in [-0.2, -0.15) is 0 Å². The second-order valence-electron chi connectivity index (χ2n) is 6.30. The van der Waals surface area contributed by atoms with Crippen molar-refractivity contribution in [3.05, 3.63) is 42.2 Å². The maximum atomic E-state index is 12.8. The zero-order valence-corrected chi connectivity index (χ0v) is 12.7. The smallest absolute Gasteiger partial charge is 0.248 e. The van der Waals surface area contributed by atoms with Crippen LogP contribution in [-0.2, 0) is 14.3 Å². The van der Waals surface area contributed by atoms with Gasteiger partial charge >= 0.3 is 0 Å². The quantitative estimate of drug-likeness (QED) is 0.872. The zero-order valence-electron chi connectivity index (χ0n) is 12.7. The molecule has 1 aliphatic carbocycles. The van der Waals surface area contributed by atoms with E-state index >= 15 is 0 Å². The van der Waals surface area contributed by atoms with Crippen molar-refractivity contribution in [1.82, 2.24) is 0 Å². The molecule has 1 heterocycles. The summed E-state index contributed by atoms with van der Waals surface area (Å²) in [7, 11) is 0. The highest BCUT2D eigenvalue weighted by molar-refractivity contribution is 5.99. The fourth-order valence-corrected chi connectivity index (χ4v) is 3.10. The summed E-state index contributed by atoms with van der Waals surface area (Å²) in [6.45, 7) is 3.85. The number of amides is 1. The maximum absolute atomic E-state index is 12.8. The standard InChI is InChI=1S/C17H20FNO3/c1-17(2)21-14-9-11(10-15(14)22-17)3-8-16(20)19-13-6-4-12(18)5-7-13/h3-8,11,14-15H,9-10H2,1-2H3,(H,19,20)/b8-3+/t11?,14-,15+. The Kier molecular flexibility index (Phi) is 4.02. The minimum atomic E-state index is -0.496. The van der Waals surface area contributed by atoms with Gasteiger partial charge in [0.15, 0.2) is 5.79 Å². The molecule has 0 aromatic heterocycles. The molecule has 118 valence electrons. The summed E-state index contributed by atoms with van der Waals surface area (Å²) in [6.07, 6.45) is 5.40. The lowest BCUT2D eigenvalue weighted by atomic mass is 10.1. The number of carbonyl (C=O) groups excluding carboxylic acids is 1. The SMILES string of the molecule is CC1(C)O[C@H]2CC(/C=C/C(=O)Nc3ccc(F)cc3)C[C@H]2O1. The third-order valence-corrected chi connectivity index (χ3v) is 3.99. The first kappa shape index (κ1) is 15.2. The first-order valence-corrected chi connectivity index (χ1v) is 7.52. The molecule has 1 aromatic rings. The van der Waals surface area contributed by atoms with Crippen LogP contribution in [0.3, 0.4) is 0 Å². The highest BCUT2D eigenvalue weighted by Gasteiger charge is 2.46. The van der Waals surface area contributed by atoms with E-state index in [2.05, 4.69) is 5.32 Å². The number of rotatable bonds is 3. The van der Waals surface area contributed by atoms with Gasteiger partial charge < -0.3 is 14.8 Å². The van der Waals surface area contributed by atoms with Crippen molar-refractivity contribution in [2.45, 2.75) is 44.7 Å². The number of benzene rings is 1. The van der Waals surface area contributed by atoms with E-state index in [1.54, 1.807) is 0 Å². The Morgan fingerprint density at radius 3 is 2.41 bits per heavy atom. The lowest BCUT2D eigenvalue weighted by Gasteiger charge is -2.19. The summed E-state index contributed by atoms with van der Waals surface area (Å²) < 4.78 is 24.4. The number of fused-ring (bicyclic) bond motifs is 1. The van der Waals surface area contributed by atoms with E-state index in [0.717, 1.165) is 12.8 Å². The zero-order chi connectivity index (χ0) is 15.7. The predicted octanol–water partition coefficient (Wildman–Crippen LogP) is 3.25. The van der Waals surface area contributed by atoms with Crippen LogP contribution in [0.15, 0.2) is 36.4 Å². The van der Waals surface area contributed by atoms with E-state index in [1.807, 2.05) is 19.9 Å². The van der Waals surface area contributed by atoms with Crippen LogP contribution in [0.1, 0.15) is 26.7 Å². The summed E-state index contributed by atoms with van der Waals surface area (Å²) in [4.78, 5) is 11.8. The molecule has 2 aliphatic rings. The van der Waals surface area contributed by atoms with Crippen molar-refractivity contribution < 1.29 is 18.7 Å². The first-order chi connectivity index (χ1) is 10.4. The first-order valence-electron chi connectivity index (χ1n) is 7.52. The Bertz CT molecular complexity index is 566. The normalized spacial score (nSPS) is 29.7. The Labute approximate surface area is 129 Å². The minimum Gasteiger partial charge on any atom is -0.345 e. The average Bonchev–Trinajstić information content (AvgIpc) is 2.92. The van der Waals surface area contributed by atoms with Crippen LogP contribution in [0.2, 0.25) is 0 Å². The van der Waals surface area contributed by atoms with Gasteiger partial charge in [-0.15, -0.1) is 0 Å². The molecule has 3 atom stereocenters. The van der Waals surface area contributed by atoms with Crippen LogP contribution in [0, 0.1) is 11.7 Å². The van der Waals surface area contributed by atoms with E-state index in [9.17, 15) is 9.18 Å². The molecule has 1 unspecified atom stereocenters. The highest BCUT2D eigenvalue weighted by Crippen LogP contribution is 2.41. The van der Waals surface area contributed by atoms with Gasteiger partial charge in [0.05, 0.1) is 12.2 Å². The third kappa shape index (κ3) is 3.54. The number of carbonyl (C=O) groups is 1. The Morgan fingerprint density at radius 2 is 1.82 bits per heavy atom. The average molecular weight is 305 g/mol. The molecule has 4 nitrogen and oxygen atoms in total. The lowest BCUT2D eigenvalue weighted by Crippen LogP contribution is -2.22. The molecule has 1 aliphatic heterocycles. The lowest BCUT2D eigenvalue weighted by molar-refractivity contribution is -0.152. The number of anilines is 1. The number of hydrogen-bond acceptors (Lipinski definition) is 3. The van der Waals surface area contributed by atoms with E-state index in [1.165, 1.54) is 30.3 Å². The molecule has 1 saturated heterocycles. The summed E-state index contributed by atoms with van der Waals surface area (Å²) in [5.41, 5.74) is 0.577. The van der Waals surface area contributed by atoms with Crippen LogP contribution in [-0.4, -0.2) is 23.9 Å². The predicted molar refractivity (Wildman–Crippen MR) is 80.7 cm³/mol. The minimum absolute atomic E-state index is 0.116. The second-order valence-corrected chi connectivity index (χ2v) is 6.30. The highest BCUT2D eigenvalue weighted by atomic mass is 19.1. The van der Waals surface area contributed by atoms with Gasteiger partial charge in [0.2, 0.25) is 5.91 Å². The Morgan fingerprint density at radius 1 is 1.23 bits per heavy atom. The van der Waals surface area contributed by atoms with Gasteiger partial charge in [0.25, 0.3) is 0 Å². The van der Waals surface area contributed by atoms with Crippen molar-refractivity contribution in [1.29, 1.82) is 0 Å². The molecule has 5 heteroatoms. The molecule has 22 heavy (non-hydrogen) atoms. The fraction of sp³-hybridized carbons (Fsp3) is 0.471. The van der Waals surface area contributed by atoms with Crippen LogP contribution in [0.25, 0.3) is 0 Å². The molecule has 2 fully saturated rings. The van der Waals surface area contributed by atoms with Crippen molar-refractivity contribution in [2.75, 3.05) is 5.32 Å². The van der Waals surface area contributed by atoms with Crippen molar-refractivity contribution in [3.63, 3.8) is 0 Å². The topological polar surface area (TPSA) is 47.6 Å². The molecule has 3 rings (SSSR count). The molecule has 1 amide bonds. The Balaban J connectivity index is 1.51. The van der Waals surface area contributed by atoms with Crippen LogP contribution >= 0.6 is 0 Å². The summed E-state index contributed by atoms with van der Waals surface area (Å²) in [5.74, 6) is -0.755. The van der Waals surface area contributed by atoms with E-state index in [4.69, 9.17) is 9.47 Å². The van der Waals surface area contributed by atoms with Gasteiger partial charge in [-0.25, -0.2) is 4.39 Å². The maximum Gasteiger partial charge on any atom is 0.248 e. The third-order valence-electron chi connectivity index (χ3n) is 3.99. The van der Waals surface area contributed by atoms with Crippen molar-refractivity contribution in [3.8, 4) is 0 Å². The molecule has 0 bridgehead atoms. The molecular formula is C17H20FNO3. The number of halogens is 1. The molecule has 0 radical (unpaired) electrons. The van der Waals surface area contributed by atoms with Gasteiger partial charge in [0.1, 0.15) is 5.82 Å². The number of hydrogen-bond donors (Lipinski definition) is 1. The fourth-order valence-electron chi connectivity index (χ4n) is 3.10.